The third-order valence-corrected chi connectivity index (χ3v) is 4.34. The number of amides is 1. The summed E-state index contributed by atoms with van der Waals surface area (Å²) >= 11 is 7.24. The predicted octanol–water partition coefficient (Wildman–Crippen LogP) is 3.71. The Bertz CT molecular complexity index is 916. The third-order valence-electron chi connectivity index (χ3n) is 3.20. The second kappa shape index (κ2) is 6.36. The van der Waals surface area contributed by atoms with Crippen LogP contribution in [-0.2, 0) is 0 Å². The number of aromatic nitrogens is 2. The van der Waals surface area contributed by atoms with E-state index in [0.29, 0.717) is 10.2 Å². The molecular formula is C16H12ClN3O2S. The van der Waals surface area contributed by atoms with Gasteiger partial charge in [0.05, 0.1) is 5.69 Å². The van der Waals surface area contributed by atoms with Crippen LogP contribution in [0.25, 0.3) is 11.3 Å². The van der Waals surface area contributed by atoms with Crippen LogP contribution in [0, 0.1) is 6.92 Å². The number of pyridine rings is 1. The van der Waals surface area contributed by atoms with Crippen LogP contribution in [0.3, 0.4) is 0 Å². The van der Waals surface area contributed by atoms with Gasteiger partial charge in [0.2, 0.25) is 0 Å². The maximum absolute atomic E-state index is 12.2. The van der Waals surface area contributed by atoms with Crippen molar-refractivity contribution in [2.45, 2.75) is 6.92 Å². The molecule has 2 aromatic heterocycles. The first kappa shape index (κ1) is 15.5. The number of nitrogens with zero attached hydrogens (tertiary/aromatic N) is 1. The van der Waals surface area contributed by atoms with Gasteiger partial charge in [0.25, 0.3) is 11.5 Å². The molecule has 2 heterocycles. The topological polar surface area (TPSA) is 74.8 Å². The molecule has 1 amide bonds. The Hall–Kier alpha value is -2.44. The normalized spacial score (nSPS) is 10.5. The molecule has 0 atom stereocenters. The lowest BCUT2D eigenvalue weighted by molar-refractivity contribution is 0.102. The summed E-state index contributed by atoms with van der Waals surface area (Å²) in [5, 5.41) is 3.76. The van der Waals surface area contributed by atoms with Crippen molar-refractivity contribution < 1.29 is 4.79 Å². The summed E-state index contributed by atoms with van der Waals surface area (Å²) in [6.45, 7) is 1.92. The SMILES string of the molecule is Cc1sc(NC(=O)c2ccc[nH]c2=O)nc1-c1ccc(Cl)cc1. The first-order valence-electron chi connectivity index (χ1n) is 6.77. The highest BCUT2D eigenvalue weighted by atomic mass is 35.5. The lowest BCUT2D eigenvalue weighted by Gasteiger charge is -2.00. The zero-order valence-electron chi connectivity index (χ0n) is 12.1. The zero-order valence-corrected chi connectivity index (χ0v) is 13.7. The Morgan fingerprint density at radius 3 is 2.70 bits per heavy atom. The van der Waals surface area contributed by atoms with Crippen molar-refractivity contribution in [1.82, 2.24) is 9.97 Å². The van der Waals surface area contributed by atoms with E-state index in [1.165, 1.54) is 23.6 Å². The highest BCUT2D eigenvalue weighted by molar-refractivity contribution is 7.16. The first-order valence-corrected chi connectivity index (χ1v) is 7.96. The third kappa shape index (κ3) is 3.33. The van der Waals surface area contributed by atoms with Crippen LogP contribution in [0.5, 0.6) is 0 Å². The summed E-state index contributed by atoms with van der Waals surface area (Å²) in [6, 6.07) is 10.4. The quantitative estimate of drug-likeness (QED) is 0.759. The van der Waals surface area contributed by atoms with Gasteiger partial charge in [-0.25, -0.2) is 4.98 Å². The molecule has 0 fully saturated rings. The number of nitrogens with one attached hydrogen (secondary N) is 2. The van der Waals surface area contributed by atoms with Gasteiger partial charge < -0.3 is 4.98 Å². The highest BCUT2D eigenvalue weighted by Crippen LogP contribution is 2.31. The zero-order chi connectivity index (χ0) is 16.4. The van der Waals surface area contributed by atoms with Crippen molar-refractivity contribution in [1.29, 1.82) is 0 Å². The van der Waals surface area contributed by atoms with Crippen LogP contribution < -0.4 is 10.9 Å². The Morgan fingerprint density at radius 1 is 1.26 bits per heavy atom. The average molecular weight is 346 g/mol. The molecule has 7 heteroatoms. The maximum Gasteiger partial charge on any atom is 0.263 e. The van der Waals surface area contributed by atoms with Gasteiger partial charge in [-0.05, 0) is 31.2 Å². The van der Waals surface area contributed by atoms with Crippen LogP contribution in [0.4, 0.5) is 5.13 Å². The van der Waals surface area contributed by atoms with E-state index in [0.717, 1.165) is 16.1 Å². The molecule has 23 heavy (non-hydrogen) atoms. The maximum atomic E-state index is 12.2. The fourth-order valence-corrected chi connectivity index (χ4v) is 3.05. The highest BCUT2D eigenvalue weighted by Gasteiger charge is 2.15. The number of H-pyrrole nitrogens is 1. The molecule has 0 radical (unpaired) electrons. The number of rotatable bonds is 3. The number of aryl methyl sites for hydroxylation is 1. The molecule has 0 unspecified atom stereocenters. The Morgan fingerprint density at radius 2 is 2.00 bits per heavy atom. The lowest BCUT2D eigenvalue weighted by Crippen LogP contribution is -2.22. The summed E-state index contributed by atoms with van der Waals surface area (Å²) in [7, 11) is 0. The van der Waals surface area contributed by atoms with E-state index in [1.807, 2.05) is 19.1 Å². The number of halogens is 1. The standard InChI is InChI=1S/C16H12ClN3O2S/c1-9-13(10-4-6-11(17)7-5-10)19-16(23-9)20-15(22)12-3-2-8-18-14(12)21/h2-8H,1H3,(H,18,21)(H,19,20,22). The molecule has 0 spiro atoms. The van der Waals surface area contributed by atoms with Crippen LogP contribution >= 0.6 is 22.9 Å². The molecule has 1 aromatic carbocycles. The molecular weight excluding hydrogens is 334 g/mol. The van der Waals surface area contributed by atoms with Crippen molar-refractivity contribution in [3.05, 3.63) is 68.4 Å². The molecule has 3 rings (SSSR count). The number of benzene rings is 1. The van der Waals surface area contributed by atoms with E-state index < -0.39 is 11.5 Å². The summed E-state index contributed by atoms with van der Waals surface area (Å²) in [5.74, 6) is -0.483. The van der Waals surface area contributed by atoms with Gasteiger partial charge in [-0.2, -0.15) is 0 Å². The molecule has 0 saturated carbocycles. The van der Waals surface area contributed by atoms with Crippen molar-refractivity contribution >= 4 is 34.0 Å². The number of carbonyl (C=O) groups is 1. The van der Waals surface area contributed by atoms with Crippen LogP contribution in [-0.4, -0.2) is 15.9 Å². The van der Waals surface area contributed by atoms with Gasteiger partial charge in [0.15, 0.2) is 5.13 Å². The smallest absolute Gasteiger partial charge is 0.263 e. The molecule has 5 nitrogen and oxygen atoms in total. The Labute approximate surface area is 141 Å². The fourth-order valence-electron chi connectivity index (χ4n) is 2.09. The van der Waals surface area contributed by atoms with E-state index in [1.54, 1.807) is 18.2 Å². The minimum atomic E-state index is -0.483. The molecule has 0 aliphatic carbocycles. The van der Waals surface area contributed by atoms with Crippen molar-refractivity contribution in [3.63, 3.8) is 0 Å². The molecule has 2 N–H and O–H groups in total. The number of thiazole rings is 1. The first-order chi connectivity index (χ1) is 11.0. The average Bonchev–Trinajstić information content (AvgIpc) is 2.89. The second-order valence-corrected chi connectivity index (χ2v) is 6.44. The minimum absolute atomic E-state index is 0.0494. The van der Waals surface area contributed by atoms with Gasteiger partial charge in [0, 0.05) is 21.7 Å². The minimum Gasteiger partial charge on any atom is -0.328 e. The predicted molar refractivity (Wildman–Crippen MR) is 92.3 cm³/mol. The van der Waals surface area contributed by atoms with Gasteiger partial charge in [-0.15, -0.1) is 11.3 Å². The van der Waals surface area contributed by atoms with Crippen molar-refractivity contribution in [3.8, 4) is 11.3 Å². The summed E-state index contributed by atoms with van der Waals surface area (Å²) < 4.78 is 0. The lowest BCUT2D eigenvalue weighted by atomic mass is 10.1. The van der Waals surface area contributed by atoms with Gasteiger partial charge in [-0.3, -0.25) is 14.9 Å². The number of hydrogen-bond donors (Lipinski definition) is 2. The number of anilines is 1. The van der Waals surface area contributed by atoms with E-state index in [9.17, 15) is 9.59 Å². The Kier molecular flexibility index (Phi) is 4.27. The van der Waals surface area contributed by atoms with Gasteiger partial charge in [-0.1, -0.05) is 23.7 Å². The van der Waals surface area contributed by atoms with E-state index in [-0.39, 0.29) is 5.56 Å². The van der Waals surface area contributed by atoms with Gasteiger partial charge >= 0.3 is 0 Å². The Balaban J connectivity index is 1.87. The summed E-state index contributed by atoms with van der Waals surface area (Å²) in [6.07, 6.45) is 1.48. The molecule has 0 bridgehead atoms. The van der Waals surface area contributed by atoms with Crippen molar-refractivity contribution in [2.75, 3.05) is 5.32 Å². The van der Waals surface area contributed by atoms with Crippen LogP contribution in [0.2, 0.25) is 5.02 Å². The molecule has 0 aliphatic rings. The van der Waals surface area contributed by atoms with Crippen LogP contribution in [0.1, 0.15) is 15.2 Å². The van der Waals surface area contributed by atoms with Crippen LogP contribution in [0.15, 0.2) is 47.4 Å². The van der Waals surface area contributed by atoms with E-state index >= 15 is 0 Å². The number of hydrogen-bond acceptors (Lipinski definition) is 4. The molecule has 0 saturated heterocycles. The van der Waals surface area contributed by atoms with E-state index in [4.69, 9.17) is 11.6 Å². The second-order valence-electron chi connectivity index (χ2n) is 4.80. The van der Waals surface area contributed by atoms with E-state index in [2.05, 4.69) is 15.3 Å². The van der Waals surface area contributed by atoms with Crippen molar-refractivity contribution in [2.24, 2.45) is 0 Å². The van der Waals surface area contributed by atoms with Gasteiger partial charge in [0.1, 0.15) is 5.56 Å². The molecule has 0 aliphatic heterocycles. The number of aromatic amines is 1. The molecule has 3 aromatic rings. The molecule has 116 valence electrons. The summed E-state index contributed by atoms with van der Waals surface area (Å²) in [5.41, 5.74) is 1.31. The monoisotopic (exact) mass is 345 g/mol. The fraction of sp³-hybridized carbons (Fsp3) is 0.0625. The largest absolute Gasteiger partial charge is 0.328 e. The number of carbonyl (C=O) groups excluding carboxylic acids is 1. The summed E-state index contributed by atoms with van der Waals surface area (Å²) in [4.78, 5) is 31.7.